The third-order valence-corrected chi connectivity index (χ3v) is 4.22. The number of nitro benzene ring substituents is 1. The SMILES string of the molecule is CCCCC[C@@H](c1cc([N+](=O)[O-])ccc1F)N1CCNCC1. The third kappa shape index (κ3) is 4.24. The van der Waals surface area contributed by atoms with E-state index in [9.17, 15) is 14.5 Å². The molecule has 0 radical (unpaired) electrons. The van der Waals surface area contributed by atoms with Crippen LogP contribution < -0.4 is 5.32 Å². The summed E-state index contributed by atoms with van der Waals surface area (Å²) in [4.78, 5) is 12.8. The summed E-state index contributed by atoms with van der Waals surface area (Å²) in [5.74, 6) is -0.342. The van der Waals surface area contributed by atoms with Crippen molar-refractivity contribution in [2.45, 2.75) is 38.6 Å². The first-order valence-corrected chi connectivity index (χ1v) is 8.02. The molecule has 1 aromatic rings. The minimum absolute atomic E-state index is 0.0352. The summed E-state index contributed by atoms with van der Waals surface area (Å²) >= 11 is 0. The normalized spacial score (nSPS) is 17.4. The highest BCUT2D eigenvalue weighted by Gasteiger charge is 2.26. The van der Waals surface area contributed by atoms with Crippen molar-refractivity contribution in [3.8, 4) is 0 Å². The van der Waals surface area contributed by atoms with Gasteiger partial charge in [0.25, 0.3) is 5.69 Å². The van der Waals surface area contributed by atoms with Crippen LogP contribution in [-0.2, 0) is 0 Å². The average Bonchev–Trinajstić information content (AvgIpc) is 2.53. The van der Waals surface area contributed by atoms with Crippen LogP contribution in [0.5, 0.6) is 0 Å². The monoisotopic (exact) mass is 309 g/mol. The molecule has 1 saturated heterocycles. The zero-order valence-electron chi connectivity index (χ0n) is 13.1. The molecule has 22 heavy (non-hydrogen) atoms. The van der Waals surface area contributed by atoms with Crippen molar-refractivity contribution in [3.63, 3.8) is 0 Å². The second-order valence-corrected chi connectivity index (χ2v) is 5.76. The van der Waals surface area contributed by atoms with E-state index in [1.54, 1.807) is 0 Å². The molecule has 5 nitrogen and oxygen atoms in total. The number of rotatable bonds is 7. The number of nitrogens with one attached hydrogen (secondary N) is 1. The van der Waals surface area contributed by atoms with Crippen molar-refractivity contribution >= 4 is 5.69 Å². The topological polar surface area (TPSA) is 58.4 Å². The van der Waals surface area contributed by atoms with Crippen molar-refractivity contribution in [2.24, 2.45) is 0 Å². The van der Waals surface area contributed by atoms with E-state index >= 15 is 0 Å². The predicted molar refractivity (Wildman–Crippen MR) is 84.4 cm³/mol. The molecule has 0 aromatic heterocycles. The van der Waals surface area contributed by atoms with Crippen molar-refractivity contribution < 1.29 is 9.31 Å². The summed E-state index contributed by atoms with van der Waals surface area (Å²) in [6.45, 7) is 5.58. The summed E-state index contributed by atoms with van der Waals surface area (Å²) < 4.78 is 14.3. The van der Waals surface area contributed by atoms with Crippen LogP contribution in [0.1, 0.15) is 44.2 Å². The Morgan fingerprint density at radius 3 is 2.73 bits per heavy atom. The van der Waals surface area contributed by atoms with Gasteiger partial charge in [0.05, 0.1) is 4.92 Å². The van der Waals surface area contributed by atoms with Gasteiger partial charge in [-0.3, -0.25) is 15.0 Å². The third-order valence-electron chi connectivity index (χ3n) is 4.22. The smallest absolute Gasteiger partial charge is 0.269 e. The molecule has 0 saturated carbocycles. The van der Waals surface area contributed by atoms with Gasteiger partial charge in [0.15, 0.2) is 0 Å². The highest BCUT2D eigenvalue weighted by molar-refractivity contribution is 5.37. The zero-order chi connectivity index (χ0) is 15.9. The molecule has 0 bridgehead atoms. The molecule has 122 valence electrons. The van der Waals surface area contributed by atoms with E-state index < -0.39 is 4.92 Å². The Hall–Kier alpha value is -1.53. The van der Waals surface area contributed by atoms with Gasteiger partial charge >= 0.3 is 0 Å². The Bertz CT molecular complexity index is 504. The van der Waals surface area contributed by atoms with E-state index in [1.807, 2.05) is 0 Å². The molecule has 0 spiro atoms. The number of halogens is 1. The summed E-state index contributed by atoms with van der Waals surface area (Å²) in [6, 6.07) is 3.80. The van der Waals surface area contributed by atoms with Gasteiger partial charge in [-0.25, -0.2) is 4.39 Å². The molecule has 0 unspecified atom stereocenters. The van der Waals surface area contributed by atoms with Gasteiger partial charge in [0.1, 0.15) is 5.82 Å². The van der Waals surface area contributed by atoms with Crippen molar-refractivity contribution in [1.29, 1.82) is 0 Å². The van der Waals surface area contributed by atoms with Crippen LogP contribution in [0.4, 0.5) is 10.1 Å². The Morgan fingerprint density at radius 1 is 1.36 bits per heavy atom. The molecule has 0 amide bonds. The second kappa shape index (κ2) is 8.19. The fraction of sp³-hybridized carbons (Fsp3) is 0.625. The lowest BCUT2D eigenvalue weighted by Gasteiger charge is -2.35. The van der Waals surface area contributed by atoms with Gasteiger partial charge < -0.3 is 5.32 Å². The van der Waals surface area contributed by atoms with Crippen LogP contribution in [-0.4, -0.2) is 36.0 Å². The highest BCUT2D eigenvalue weighted by atomic mass is 19.1. The molecule has 1 fully saturated rings. The maximum atomic E-state index is 14.3. The fourth-order valence-corrected chi connectivity index (χ4v) is 3.02. The van der Waals surface area contributed by atoms with Gasteiger partial charge in [-0.1, -0.05) is 26.2 Å². The fourth-order valence-electron chi connectivity index (χ4n) is 3.02. The molecule has 6 heteroatoms. The van der Waals surface area contributed by atoms with Crippen molar-refractivity contribution in [1.82, 2.24) is 10.2 Å². The molecular weight excluding hydrogens is 285 g/mol. The van der Waals surface area contributed by atoms with Gasteiger partial charge in [0, 0.05) is 49.9 Å². The number of hydrogen-bond acceptors (Lipinski definition) is 4. The van der Waals surface area contributed by atoms with Crippen molar-refractivity contribution in [2.75, 3.05) is 26.2 Å². The summed E-state index contributed by atoms with van der Waals surface area (Å²) in [5, 5.41) is 14.3. The summed E-state index contributed by atoms with van der Waals surface area (Å²) in [7, 11) is 0. The quantitative estimate of drug-likeness (QED) is 0.477. The van der Waals surface area contributed by atoms with Gasteiger partial charge in [0.2, 0.25) is 0 Å². The van der Waals surface area contributed by atoms with Gasteiger partial charge in [-0.05, 0) is 12.5 Å². The zero-order valence-corrected chi connectivity index (χ0v) is 13.1. The van der Waals surface area contributed by atoms with Crippen LogP contribution in [0.2, 0.25) is 0 Å². The van der Waals surface area contributed by atoms with Crippen LogP contribution in [0, 0.1) is 15.9 Å². The minimum Gasteiger partial charge on any atom is -0.314 e. The molecule has 1 aliphatic heterocycles. The van der Waals surface area contributed by atoms with Crippen LogP contribution in [0.3, 0.4) is 0 Å². The predicted octanol–water partition coefficient (Wildman–Crippen LogP) is 3.26. The first-order valence-electron chi connectivity index (χ1n) is 8.02. The molecule has 1 aromatic carbocycles. The van der Waals surface area contributed by atoms with Gasteiger partial charge in [-0.2, -0.15) is 0 Å². The Kier molecular flexibility index (Phi) is 6.27. The van der Waals surface area contributed by atoms with Crippen LogP contribution in [0.15, 0.2) is 18.2 Å². The number of piperazine rings is 1. The maximum Gasteiger partial charge on any atom is 0.269 e. The van der Waals surface area contributed by atoms with Crippen LogP contribution in [0.25, 0.3) is 0 Å². The van der Waals surface area contributed by atoms with E-state index in [1.165, 1.54) is 18.2 Å². The molecule has 2 rings (SSSR count). The minimum atomic E-state index is -0.455. The molecule has 1 atom stereocenters. The van der Waals surface area contributed by atoms with E-state index in [4.69, 9.17) is 0 Å². The molecule has 1 aliphatic rings. The Morgan fingerprint density at radius 2 is 2.09 bits per heavy atom. The molecular formula is C16H24FN3O2. The number of hydrogen-bond donors (Lipinski definition) is 1. The lowest BCUT2D eigenvalue weighted by Crippen LogP contribution is -2.45. The van der Waals surface area contributed by atoms with E-state index in [0.29, 0.717) is 5.56 Å². The van der Waals surface area contributed by atoms with E-state index in [0.717, 1.165) is 51.9 Å². The lowest BCUT2D eigenvalue weighted by molar-refractivity contribution is -0.385. The van der Waals surface area contributed by atoms with Crippen molar-refractivity contribution in [3.05, 3.63) is 39.7 Å². The molecule has 0 aliphatic carbocycles. The molecule has 1 heterocycles. The summed E-state index contributed by atoms with van der Waals surface area (Å²) in [6.07, 6.45) is 4.05. The van der Waals surface area contributed by atoms with E-state index in [-0.39, 0.29) is 17.5 Å². The summed E-state index contributed by atoms with van der Waals surface area (Å²) in [5.41, 5.74) is 0.430. The number of nitrogens with zero attached hydrogens (tertiary/aromatic N) is 2. The first kappa shape index (κ1) is 16.8. The maximum absolute atomic E-state index is 14.3. The number of nitro groups is 1. The Balaban J connectivity index is 2.25. The largest absolute Gasteiger partial charge is 0.314 e. The van der Waals surface area contributed by atoms with E-state index in [2.05, 4.69) is 17.1 Å². The number of non-ortho nitro benzene ring substituents is 1. The average molecular weight is 309 g/mol. The standard InChI is InChI=1S/C16H24FN3O2/c1-2-3-4-5-16(19-10-8-18-9-11-19)14-12-13(20(21)22)6-7-15(14)17/h6-7,12,16,18H,2-5,8-11H2,1H3/t16-/m0/s1. The number of unbranched alkanes of at least 4 members (excludes halogenated alkanes) is 2. The lowest BCUT2D eigenvalue weighted by atomic mass is 9.97. The highest BCUT2D eigenvalue weighted by Crippen LogP contribution is 2.31. The molecule has 1 N–H and O–H groups in total. The number of benzene rings is 1. The second-order valence-electron chi connectivity index (χ2n) is 5.76. The van der Waals surface area contributed by atoms with Crippen LogP contribution >= 0.6 is 0 Å². The van der Waals surface area contributed by atoms with Gasteiger partial charge in [-0.15, -0.1) is 0 Å². The Labute approximate surface area is 130 Å². The first-order chi connectivity index (χ1) is 10.6.